The molecule has 4 nitrogen and oxygen atoms in total. The Labute approximate surface area is 135 Å². The minimum atomic E-state index is -0.119. The molecule has 0 saturated heterocycles. The van der Waals surface area contributed by atoms with E-state index in [9.17, 15) is 5.11 Å². The van der Waals surface area contributed by atoms with E-state index in [0.717, 1.165) is 0 Å². The van der Waals surface area contributed by atoms with Gasteiger partial charge in [-0.25, -0.2) is 0 Å². The fourth-order valence-electron chi connectivity index (χ4n) is 1.91. The van der Waals surface area contributed by atoms with Crippen LogP contribution in [0.25, 0.3) is 10.9 Å². The third-order valence-corrected chi connectivity index (χ3v) is 3.64. The number of hydrogen-bond donors (Lipinski definition) is 2. The van der Waals surface area contributed by atoms with Crippen molar-refractivity contribution in [1.82, 2.24) is 4.98 Å². The Morgan fingerprint density at radius 2 is 1.62 bits per heavy atom. The normalized spacial score (nSPS) is 11.6. The molecule has 0 amide bonds. The molecule has 21 heavy (non-hydrogen) atoms. The van der Waals surface area contributed by atoms with Crippen molar-refractivity contribution in [1.29, 1.82) is 0 Å². The molecule has 0 atom stereocenters. The van der Waals surface area contributed by atoms with Gasteiger partial charge in [-0.3, -0.25) is 0 Å². The number of aromatic hydroxyl groups is 1. The van der Waals surface area contributed by atoms with E-state index >= 15 is 0 Å². The number of nitrogens with zero attached hydrogens (tertiary/aromatic N) is 2. The zero-order chi connectivity index (χ0) is 15.0. The first-order chi connectivity index (χ1) is 10.0. The molecule has 7 heteroatoms. The van der Waals surface area contributed by atoms with Crippen LogP contribution in [0.2, 0.25) is 15.1 Å². The fourth-order valence-corrected chi connectivity index (χ4v) is 2.58. The molecule has 2 N–H and O–H groups in total. The van der Waals surface area contributed by atoms with Crippen LogP contribution in [0.1, 0.15) is 0 Å². The summed E-state index contributed by atoms with van der Waals surface area (Å²) in [6, 6.07) is 10.1. The van der Waals surface area contributed by atoms with Crippen molar-refractivity contribution in [3.05, 3.63) is 51.5 Å². The molecule has 0 fully saturated rings. The third kappa shape index (κ3) is 2.83. The van der Waals surface area contributed by atoms with Crippen LogP contribution in [0.3, 0.4) is 0 Å². The first-order valence-electron chi connectivity index (χ1n) is 5.91. The van der Waals surface area contributed by atoms with Crippen LogP contribution >= 0.6 is 34.8 Å². The van der Waals surface area contributed by atoms with Gasteiger partial charge in [0.05, 0.1) is 16.2 Å². The summed E-state index contributed by atoms with van der Waals surface area (Å²) < 4.78 is 0. The first-order valence-corrected chi connectivity index (χ1v) is 7.05. The number of fused-ring (bicyclic) bond motifs is 1. The highest BCUT2D eigenvalue weighted by molar-refractivity contribution is 6.38. The number of halogens is 3. The number of benzene rings is 2. The first kappa shape index (κ1) is 14.2. The highest BCUT2D eigenvalue weighted by Gasteiger charge is 2.13. The standard InChI is InChI=1S/C14H8Cl3N3O/c15-7-1-3-9(4-2-7)19-20-13-10-5-8(16)6-11(17)12(10)18-14(13)21/h1-6,18,21H. The lowest BCUT2D eigenvalue weighted by molar-refractivity contribution is 0.459. The van der Waals surface area contributed by atoms with Crippen LogP contribution in [0.5, 0.6) is 5.88 Å². The van der Waals surface area contributed by atoms with Gasteiger partial charge < -0.3 is 10.1 Å². The van der Waals surface area contributed by atoms with Gasteiger partial charge in [0.15, 0.2) is 5.69 Å². The summed E-state index contributed by atoms with van der Waals surface area (Å²) in [7, 11) is 0. The van der Waals surface area contributed by atoms with E-state index in [1.54, 1.807) is 36.4 Å². The summed E-state index contributed by atoms with van der Waals surface area (Å²) in [5, 5.41) is 20.1. The van der Waals surface area contributed by atoms with Gasteiger partial charge in [-0.05, 0) is 36.4 Å². The predicted molar refractivity (Wildman–Crippen MR) is 85.6 cm³/mol. The maximum atomic E-state index is 9.94. The maximum Gasteiger partial charge on any atom is 0.218 e. The molecule has 0 saturated carbocycles. The number of hydrogen-bond acceptors (Lipinski definition) is 3. The van der Waals surface area contributed by atoms with Crippen LogP contribution in [-0.4, -0.2) is 10.1 Å². The van der Waals surface area contributed by atoms with E-state index in [1.165, 1.54) is 0 Å². The van der Waals surface area contributed by atoms with Crippen LogP contribution in [0.15, 0.2) is 46.6 Å². The number of aromatic amines is 1. The van der Waals surface area contributed by atoms with Crippen LogP contribution in [0, 0.1) is 0 Å². The van der Waals surface area contributed by atoms with E-state index in [0.29, 0.717) is 31.7 Å². The Bertz CT molecular complexity index is 841. The van der Waals surface area contributed by atoms with Crippen LogP contribution in [0.4, 0.5) is 11.4 Å². The van der Waals surface area contributed by atoms with Crippen molar-refractivity contribution in [2.75, 3.05) is 0 Å². The maximum absolute atomic E-state index is 9.94. The molecule has 0 unspecified atom stereocenters. The van der Waals surface area contributed by atoms with Crippen LogP contribution in [-0.2, 0) is 0 Å². The zero-order valence-corrected chi connectivity index (χ0v) is 12.7. The minimum absolute atomic E-state index is 0.119. The minimum Gasteiger partial charge on any atom is -0.493 e. The Morgan fingerprint density at radius 3 is 2.33 bits per heavy atom. The SMILES string of the molecule is Oc1[nH]c2c(Cl)cc(Cl)cc2c1N=Nc1ccc(Cl)cc1. The summed E-state index contributed by atoms with van der Waals surface area (Å²) in [5.74, 6) is -0.119. The fraction of sp³-hybridized carbons (Fsp3) is 0. The second-order valence-electron chi connectivity index (χ2n) is 4.31. The quantitative estimate of drug-likeness (QED) is 0.532. The van der Waals surface area contributed by atoms with Crippen molar-refractivity contribution in [3.63, 3.8) is 0 Å². The summed E-state index contributed by atoms with van der Waals surface area (Å²) in [5.41, 5.74) is 1.45. The number of aromatic nitrogens is 1. The highest BCUT2D eigenvalue weighted by atomic mass is 35.5. The molecule has 0 aliphatic carbocycles. The van der Waals surface area contributed by atoms with Gasteiger partial charge in [-0.15, -0.1) is 5.11 Å². The second-order valence-corrected chi connectivity index (χ2v) is 5.59. The largest absolute Gasteiger partial charge is 0.493 e. The zero-order valence-electron chi connectivity index (χ0n) is 10.4. The van der Waals surface area contributed by atoms with E-state index in [-0.39, 0.29) is 11.6 Å². The van der Waals surface area contributed by atoms with E-state index in [1.807, 2.05) is 0 Å². The van der Waals surface area contributed by atoms with Gasteiger partial charge in [0.2, 0.25) is 5.88 Å². The molecule has 0 radical (unpaired) electrons. The topological polar surface area (TPSA) is 60.7 Å². The summed E-state index contributed by atoms with van der Waals surface area (Å²) in [6.07, 6.45) is 0. The molecular weight excluding hydrogens is 333 g/mol. The molecule has 0 aliphatic heterocycles. The number of azo groups is 1. The second kappa shape index (κ2) is 5.56. The van der Waals surface area contributed by atoms with Crippen molar-refractivity contribution in [3.8, 4) is 5.88 Å². The Kier molecular flexibility index (Phi) is 3.76. The van der Waals surface area contributed by atoms with E-state index in [2.05, 4.69) is 15.2 Å². The number of H-pyrrole nitrogens is 1. The van der Waals surface area contributed by atoms with E-state index in [4.69, 9.17) is 34.8 Å². The van der Waals surface area contributed by atoms with Gasteiger partial charge in [0.25, 0.3) is 0 Å². The number of rotatable bonds is 2. The molecule has 1 heterocycles. The van der Waals surface area contributed by atoms with Gasteiger partial charge in [-0.2, -0.15) is 5.11 Å². The predicted octanol–water partition coefficient (Wildman–Crippen LogP) is 6.25. The smallest absolute Gasteiger partial charge is 0.218 e. The van der Waals surface area contributed by atoms with Crippen molar-refractivity contribution >= 4 is 57.1 Å². The summed E-state index contributed by atoms with van der Waals surface area (Å²) in [6.45, 7) is 0. The molecular formula is C14H8Cl3N3O. The van der Waals surface area contributed by atoms with Gasteiger partial charge in [0, 0.05) is 15.4 Å². The Balaban J connectivity index is 2.08. The molecule has 0 spiro atoms. The van der Waals surface area contributed by atoms with Gasteiger partial charge >= 0.3 is 0 Å². The molecule has 3 rings (SSSR count). The van der Waals surface area contributed by atoms with Gasteiger partial charge in [-0.1, -0.05) is 34.8 Å². The number of nitrogens with one attached hydrogen (secondary N) is 1. The summed E-state index contributed by atoms with van der Waals surface area (Å²) in [4.78, 5) is 2.76. The molecule has 0 bridgehead atoms. The molecule has 3 aromatic rings. The molecule has 0 aliphatic rings. The highest BCUT2D eigenvalue weighted by Crippen LogP contribution is 2.40. The van der Waals surface area contributed by atoms with E-state index < -0.39 is 0 Å². The van der Waals surface area contributed by atoms with Crippen molar-refractivity contribution in [2.24, 2.45) is 10.2 Å². The monoisotopic (exact) mass is 339 g/mol. The lowest BCUT2D eigenvalue weighted by Gasteiger charge is -1.96. The molecule has 2 aromatic carbocycles. The average Bonchev–Trinajstić information content (AvgIpc) is 2.75. The molecule has 106 valence electrons. The third-order valence-electron chi connectivity index (χ3n) is 2.87. The average molecular weight is 341 g/mol. The lowest BCUT2D eigenvalue weighted by atomic mass is 10.2. The molecule has 1 aromatic heterocycles. The van der Waals surface area contributed by atoms with Crippen molar-refractivity contribution in [2.45, 2.75) is 0 Å². The van der Waals surface area contributed by atoms with Gasteiger partial charge in [0.1, 0.15) is 0 Å². The lowest BCUT2D eigenvalue weighted by Crippen LogP contribution is -1.71. The van der Waals surface area contributed by atoms with Crippen LogP contribution < -0.4 is 0 Å². The summed E-state index contributed by atoms with van der Waals surface area (Å²) >= 11 is 17.8. The Morgan fingerprint density at radius 1 is 0.905 bits per heavy atom. The van der Waals surface area contributed by atoms with Crippen molar-refractivity contribution < 1.29 is 5.11 Å². The Hall–Kier alpha value is -1.75.